The summed E-state index contributed by atoms with van der Waals surface area (Å²) in [7, 11) is 0. The molecule has 0 radical (unpaired) electrons. The number of amides is 1. The van der Waals surface area contributed by atoms with Gasteiger partial charge < -0.3 is 10.1 Å². The molecule has 0 spiro atoms. The van der Waals surface area contributed by atoms with Crippen molar-refractivity contribution in [1.82, 2.24) is 5.32 Å². The van der Waals surface area contributed by atoms with Crippen LogP contribution in [-0.4, -0.2) is 25.2 Å². The molecule has 0 bridgehead atoms. The summed E-state index contributed by atoms with van der Waals surface area (Å²) in [5.74, 6) is 0.657. The maximum atomic E-state index is 11.4. The minimum atomic E-state index is 0.137. The molecule has 1 aliphatic rings. The Kier molecular flexibility index (Phi) is 4.82. The highest BCUT2D eigenvalue weighted by molar-refractivity contribution is 5.76. The molecule has 1 saturated carbocycles. The van der Waals surface area contributed by atoms with Gasteiger partial charge in [-0.05, 0) is 32.6 Å². The Morgan fingerprint density at radius 2 is 2.20 bits per heavy atom. The highest BCUT2D eigenvalue weighted by Crippen LogP contribution is 2.32. The van der Waals surface area contributed by atoms with E-state index in [2.05, 4.69) is 11.9 Å². The van der Waals surface area contributed by atoms with Gasteiger partial charge in [-0.2, -0.15) is 0 Å². The second kappa shape index (κ2) is 5.91. The molecule has 0 saturated heterocycles. The molecular weight excluding hydrogens is 190 g/mol. The van der Waals surface area contributed by atoms with E-state index in [0.29, 0.717) is 25.0 Å². The molecule has 0 unspecified atom stereocenters. The van der Waals surface area contributed by atoms with Crippen LogP contribution in [0.15, 0.2) is 12.2 Å². The van der Waals surface area contributed by atoms with Gasteiger partial charge in [0.2, 0.25) is 5.91 Å². The molecule has 1 fully saturated rings. The van der Waals surface area contributed by atoms with E-state index < -0.39 is 0 Å². The molecule has 15 heavy (non-hydrogen) atoms. The fourth-order valence-electron chi connectivity index (χ4n) is 1.80. The number of ether oxygens (including phenoxy) is 1. The summed E-state index contributed by atoms with van der Waals surface area (Å²) in [5, 5.41) is 2.85. The van der Waals surface area contributed by atoms with Gasteiger partial charge in [-0.1, -0.05) is 12.2 Å². The molecule has 3 nitrogen and oxygen atoms in total. The molecule has 86 valence electrons. The molecule has 1 N–H and O–H groups in total. The van der Waals surface area contributed by atoms with Gasteiger partial charge in [-0.25, -0.2) is 0 Å². The van der Waals surface area contributed by atoms with Gasteiger partial charge in [0.15, 0.2) is 0 Å². The van der Waals surface area contributed by atoms with Crippen molar-refractivity contribution < 1.29 is 9.53 Å². The topological polar surface area (TPSA) is 38.3 Å². The lowest BCUT2D eigenvalue weighted by Gasteiger charge is -2.34. The predicted octanol–water partition coefficient (Wildman–Crippen LogP) is 1.88. The number of hydrogen-bond donors (Lipinski definition) is 1. The first-order valence-corrected chi connectivity index (χ1v) is 5.64. The SMILES string of the molecule is C=C(C)CNC(=O)CC1CC(OCC)C1. The molecule has 0 aromatic heterocycles. The van der Waals surface area contributed by atoms with Gasteiger partial charge in [-0.3, -0.25) is 4.79 Å². The van der Waals surface area contributed by atoms with Crippen LogP contribution in [0.1, 0.15) is 33.1 Å². The Hall–Kier alpha value is -0.830. The lowest BCUT2D eigenvalue weighted by Crippen LogP contribution is -2.36. The zero-order valence-corrected chi connectivity index (χ0v) is 9.71. The second-order valence-corrected chi connectivity index (χ2v) is 4.35. The molecule has 1 rings (SSSR count). The lowest BCUT2D eigenvalue weighted by atomic mass is 9.80. The summed E-state index contributed by atoms with van der Waals surface area (Å²) in [6, 6.07) is 0. The number of rotatable bonds is 6. The van der Waals surface area contributed by atoms with Gasteiger partial charge in [0.05, 0.1) is 6.10 Å². The van der Waals surface area contributed by atoms with Crippen LogP contribution in [-0.2, 0) is 9.53 Å². The molecule has 3 heteroatoms. The highest BCUT2D eigenvalue weighted by Gasteiger charge is 2.30. The minimum absolute atomic E-state index is 0.137. The van der Waals surface area contributed by atoms with Crippen molar-refractivity contribution in [3.63, 3.8) is 0 Å². The highest BCUT2D eigenvalue weighted by atomic mass is 16.5. The van der Waals surface area contributed by atoms with Crippen molar-refractivity contribution in [1.29, 1.82) is 0 Å². The maximum Gasteiger partial charge on any atom is 0.220 e. The quantitative estimate of drug-likeness (QED) is 0.681. The van der Waals surface area contributed by atoms with E-state index in [0.717, 1.165) is 25.0 Å². The Balaban J connectivity index is 2.06. The summed E-state index contributed by atoms with van der Waals surface area (Å²) in [5.41, 5.74) is 0.990. The van der Waals surface area contributed by atoms with Crippen molar-refractivity contribution in [2.45, 2.75) is 39.2 Å². The number of hydrogen-bond acceptors (Lipinski definition) is 2. The molecule has 1 aliphatic carbocycles. The Labute approximate surface area is 91.9 Å². The number of carbonyl (C=O) groups excluding carboxylic acids is 1. The van der Waals surface area contributed by atoms with Gasteiger partial charge in [0, 0.05) is 19.6 Å². The van der Waals surface area contributed by atoms with E-state index in [9.17, 15) is 4.79 Å². The fraction of sp³-hybridized carbons (Fsp3) is 0.750. The normalized spacial score (nSPS) is 24.4. The molecule has 0 aromatic carbocycles. The van der Waals surface area contributed by atoms with E-state index in [1.807, 2.05) is 13.8 Å². The smallest absolute Gasteiger partial charge is 0.220 e. The Morgan fingerprint density at radius 1 is 1.53 bits per heavy atom. The largest absolute Gasteiger partial charge is 0.378 e. The molecule has 0 atom stereocenters. The fourth-order valence-corrected chi connectivity index (χ4v) is 1.80. The van der Waals surface area contributed by atoms with Crippen LogP contribution in [0, 0.1) is 5.92 Å². The van der Waals surface area contributed by atoms with Crippen LogP contribution >= 0.6 is 0 Å². The first-order chi connectivity index (χ1) is 7.11. The third kappa shape index (κ3) is 4.47. The zero-order valence-electron chi connectivity index (χ0n) is 9.71. The van der Waals surface area contributed by atoms with Crippen LogP contribution in [0.25, 0.3) is 0 Å². The molecule has 0 aliphatic heterocycles. The van der Waals surface area contributed by atoms with Gasteiger partial charge in [0.25, 0.3) is 0 Å². The van der Waals surface area contributed by atoms with E-state index in [-0.39, 0.29) is 5.91 Å². The summed E-state index contributed by atoms with van der Waals surface area (Å²) >= 11 is 0. The lowest BCUT2D eigenvalue weighted by molar-refractivity contribution is -0.124. The maximum absolute atomic E-state index is 11.4. The van der Waals surface area contributed by atoms with E-state index in [1.54, 1.807) is 0 Å². The first-order valence-electron chi connectivity index (χ1n) is 5.64. The van der Waals surface area contributed by atoms with Crippen LogP contribution in [0.4, 0.5) is 0 Å². The van der Waals surface area contributed by atoms with Gasteiger partial charge >= 0.3 is 0 Å². The minimum Gasteiger partial charge on any atom is -0.378 e. The van der Waals surface area contributed by atoms with Crippen molar-refractivity contribution in [2.24, 2.45) is 5.92 Å². The van der Waals surface area contributed by atoms with E-state index in [1.165, 1.54) is 0 Å². The summed E-state index contributed by atoms with van der Waals surface area (Å²) in [4.78, 5) is 11.4. The predicted molar refractivity (Wildman–Crippen MR) is 60.6 cm³/mol. The number of carbonyl (C=O) groups is 1. The molecule has 0 aromatic rings. The van der Waals surface area contributed by atoms with E-state index >= 15 is 0 Å². The monoisotopic (exact) mass is 211 g/mol. The van der Waals surface area contributed by atoms with Crippen molar-refractivity contribution >= 4 is 5.91 Å². The van der Waals surface area contributed by atoms with Crippen molar-refractivity contribution in [2.75, 3.05) is 13.2 Å². The average Bonchev–Trinajstić information content (AvgIpc) is 2.11. The van der Waals surface area contributed by atoms with Crippen molar-refractivity contribution in [3.05, 3.63) is 12.2 Å². The first kappa shape index (κ1) is 12.2. The zero-order chi connectivity index (χ0) is 11.3. The van der Waals surface area contributed by atoms with Crippen LogP contribution in [0.2, 0.25) is 0 Å². The Bertz CT molecular complexity index is 232. The van der Waals surface area contributed by atoms with Gasteiger partial charge in [0.1, 0.15) is 0 Å². The Morgan fingerprint density at radius 3 is 2.73 bits per heavy atom. The van der Waals surface area contributed by atoms with E-state index in [4.69, 9.17) is 4.74 Å². The third-order valence-electron chi connectivity index (χ3n) is 2.66. The molecular formula is C12H21NO2. The average molecular weight is 211 g/mol. The van der Waals surface area contributed by atoms with Crippen molar-refractivity contribution in [3.8, 4) is 0 Å². The van der Waals surface area contributed by atoms with Crippen LogP contribution in [0.5, 0.6) is 0 Å². The standard InChI is InChI=1S/C12H21NO2/c1-4-15-11-5-10(6-11)7-12(14)13-8-9(2)3/h10-11H,2,4-8H2,1,3H3,(H,13,14). The van der Waals surface area contributed by atoms with Crippen LogP contribution < -0.4 is 5.32 Å². The van der Waals surface area contributed by atoms with Gasteiger partial charge in [-0.15, -0.1) is 0 Å². The second-order valence-electron chi connectivity index (χ2n) is 4.35. The number of nitrogens with one attached hydrogen (secondary N) is 1. The summed E-state index contributed by atoms with van der Waals surface area (Å²) in [6.45, 7) is 9.04. The summed E-state index contributed by atoms with van der Waals surface area (Å²) in [6.07, 6.45) is 3.11. The summed E-state index contributed by atoms with van der Waals surface area (Å²) < 4.78 is 5.44. The molecule has 1 amide bonds. The molecule has 0 heterocycles. The van der Waals surface area contributed by atoms with Crippen LogP contribution in [0.3, 0.4) is 0 Å². The third-order valence-corrected chi connectivity index (χ3v) is 2.66.